The molecule has 7 nitrogen and oxygen atoms in total. The molecule has 0 unspecified atom stereocenters. The van der Waals surface area contributed by atoms with Crippen LogP contribution in [-0.4, -0.2) is 58.3 Å². The molecule has 4 saturated carbocycles. The van der Waals surface area contributed by atoms with Crippen LogP contribution in [0.15, 0.2) is 12.2 Å². The van der Waals surface area contributed by atoms with Crippen LogP contribution in [0.2, 0.25) is 0 Å². The molecule has 0 aromatic heterocycles. The van der Waals surface area contributed by atoms with Crippen LogP contribution in [0.5, 0.6) is 0 Å². The molecule has 6 fully saturated rings. The average molecular weight is 406 g/mol. The Labute approximate surface area is 170 Å². The molecule has 4 aliphatic carbocycles. The molecule has 29 heavy (non-hydrogen) atoms. The lowest BCUT2D eigenvalue weighted by Gasteiger charge is -2.74. The summed E-state index contributed by atoms with van der Waals surface area (Å²) < 4.78 is 11.3. The van der Waals surface area contributed by atoms with E-state index in [9.17, 15) is 24.9 Å². The van der Waals surface area contributed by atoms with Gasteiger partial charge in [-0.1, -0.05) is 19.9 Å². The van der Waals surface area contributed by atoms with Crippen LogP contribution < -0.4 is 0 Å². The van der Waals surface area contributed by atoms with Crippen LogP contribution >= 0.6 is 0 Å². The molecule has 9 atom stereocenters. The van der Waals surface area contributed by atoms with Crippen molar-refractivity contribution in [3.8, 4) is 0 Å². The van der Waals surface area contributed by atoms with Crippen molar-refractivity contribution in [2.45, 2.75) is 63.9 Å². The van der Waals surface area contributed by atoms with E-state index in [1.165, 1.54) is 6.92 Å². The molecule has 0 aromatic rings. The lowest BCUT2D eigenvalue weighted by molar-refractivity contribution is -0.446. The molecule has 2 spiro atoms. The Morgan fingerprint density at radius 2 is 2.03 bits per heavy atom. The number of rotatable bonds is 2. The Morgan fingerprint density at radius 1 is 1.31 bits per heavy atom. The van der Waals surface area contributed by atoms with Gasteiger partial charge in [0.15, 0.2) is 5.78 Å². The lowest BCUT2D eigenvalue weighted by atomic mass is 9.36. The highest BCUT2D eigenvalue weighted by atomic mass is 16.6. The number of carbonyl (C=O) groups excluding carboxylic acids is 2. The van der Waals surface area contributed by atoms with Crippen LogP contribution in [0, 0.1) is 34.0 Å². The van der Waals surface area contributed by atoms with Gasteiger partial charge in [-0.2, -0.15) is 0 Å². The van der Waals surface area contributed by atoms with Gasteiger partial charge in [0.25, 0.3) is 0 Å². The minimum atomic E-state index is -2.07. The molecule has 0 radical (unpaired) electrons. The molecule has 7 heteroatoms. The second kappa shape index (κ2) is 5.69. The van der Waals surface area contributed by atoms with Crippen molar-refractivity contribution in [2.24, 2.45) is 34.0 Å². The number of ether oxygens (including phenoxy) is 2. The monoisotopic (exact) mass is 406 g/mol. The minimum Gasteiger partial charge on any atom is -0.465 e. The molecular weight excluding hydrogens is 376 g/mol. The third-order valence-corrected chi connectivity index (χ3v) is 9.10. The Hall–Kier alpha value is -1.28. The molecule has 2 saturated heterocycles. The average Bonchev–Trinajstić information content (AvgIpc) is 2.85. The van der Waals surface area contributed by atoms with Crippen molar-refractivity contribution < 1.29 is 34.4 Å². The Morgan fingerprint density at radius 3 is 2.72 bits per heavy atom. The first-order chi connectivity index (χ1) is 13.5. The number of aliphatic hydroxyl groups excluding tert-OH is 2. The van der Waals surface area contributed by atoms with Gasteiger partial charge in [0, 0.05) is 29.6 Å². The van der Waals surface area contributed by atoms with Crippen LogP contribution in [-0.2, 0) is 19.1 Å². The van der Waals surface area contributed by atoms with Gasteiger partial charge in [0.2, 0.25) is 5.79 Å². The highest BCUT2D eigenvalue weighted by Gasteiger charge is 2.84. The highest BCUT2D eigenvalue weighted by Crippen LogP contribution is 2.76. The van der Waals surface area contributed by atoms with Crippen LogP contribution in [0.4, 0.5) is 0 Å². The van der Waals surface area contributed by atoms with Gasteiger partial charge in [0.05, 0.1) is 24.7 Å². The summed E-state index contributed by atoms with van der Waals surface area (Å²) in [4.78, 5) is 24.9. The van der Waals surface area contributed by atoms with Crippen molar-refractivity contribution in [3.05, 3.63) is 12.2 Å². The smallest absolute Gasteiger partial charge is 0.302 e. The molecule has 2 heterocycles. The van der Waals surface area contributed by atoms with E-state index in [4.69, 9.17) is 9.47 Å². The normalized spacial score (nSPS) is 55.4. The maximum atomic E-state index is 13.4. The first-order valence-corrected chi connectivity index (χ1v) is 10.6. The van der Waals surface area contributed by atoms with E-state index in [0.29, 0.717) is 24.8 Å². The fourth-order valence-electron chi connectivity index (χ4n) is 8.23. The molecule has 0 amide bonds. The number of esters is 1. The van der Waals surface area contributed by atoms with Gasteiger partial charge >= 0.3 is 5.97 Å². The Kier molecular flexibility index (Phi) is 3.86. The van der Waals surface area contributed by atoms with Gasteiger partial charge < -0.3 is 24.8 Å². The highest BCUT2D eigenvalue weighted by molar-refractivity contribution is 6.04. The minimum absolute atomic E-state index is 0.126. The molecule has 0 aromatic carbocycles. The molecule has 3 N–H and O–H groups in total. The van der Waals surface area contributed by atoms with E-state index in [2.05, 4.69) is 6.58 Å². The number of ketones is 1. The maximum Gasteiger partial charge on any atom is 0.302 e. The lowest BCUT2D eigenvalue weighted by Crippen LogP contribution is -2.83. The van der Waals surface area contributed by atoms with Gasteiger partial charge in [-0.3, -0.25) is 9.59 Å². The number of hydrogen-bond donors (Lipinski definition) is 3. The summed E-state index contributed by atoms with van der Waals surface area (Å²) in [6.45, 7) is 7.57. The summed E-state index contributed by atoms with van der Waals surface area (Å²) in [6.07, 6.45) is 0.925. The maximum absolute atomic E-state index is 13.4. The third-order valence-electron chi connectivity index (χ3n) is 9.10. The summed E-state index contributed by atoms with van der Waals surface area (Å²) in [5, 5.41) is 34.5. The van der Waals surface area contributed by atoms with E-state index in [0.717, 1.165) is 12.8 Å². The number of hydrogen-bond acceptors (Lipinski definition) is 7. The Balaban J connectivity index is 1.68. The second-order valence-electron chi connectivity index (χ2n) is 10.4. The largest absolute Gasteiger partial charge is 0.465 e. The van der Waals surface area contributed by atoms with E-state index < -0.39 is 52.0 Å². The van der Waals surface area contributed by atoms with Gasteiger partial charge in [-0.05, 0) is 37.2 Å². The molecule has 6 aliphatic rings. The first-order valence-electron chi connectivity index (χ1n) is 10.6. The second-order valence-corrected chi connectivity index (χ2v) is 10.4. The van der Waals surface area contributed by atoms with E-state index in [1.807, 2.05) is 6.92 Å². The summed E-state index contributed by atoms with van der Waals surface area (Å²) in [6, 6.07) is 0. The molecular formula is C22H30O7. The summed E-state index contributed by atoms with van der Waals surface area (Å²) in [7, 11) is 0. The summed E-state index contributed by atoms with van der Waals surface area (Å²) in [5.41, 5.74) is -2.19. The topological polar surface area (TPSA) is 113 Å². The fourth-order valence-corrected chi connectivity index (χ4v) is 8.23. The van der Waals surface area contributed by atoms with Crippen LogP contribution in [0.1, 0.15) is 46.0 Å². The Bertz CT molecular complexity index is 809. The number of aliphatic hydroxyl groups is 3. The predicted molar refractivity (Wildman–Crippen MR) is 100 cm³/mol. The molecule has 6 rings (SSSR count). The number of Topliss-reactive ketones (excluding diaryl/α,β-unsaturated/α-hetero) is 1. The zero-order valence-corrected chi connectivity index (χ0v) is 17.0. The third kappa shape index (κ3) is 2.03. The zero-order chi connectivity index (χ0) is 21.0. The fraction of sp³-hybridized carbons (Fsp3) is 0.818. The summed E-state index contributed by atoms with van der Waals surface area (Å²) >= 11 is 0. The van der Waals surface area contributed by atoms with E-state index >= 15 is 0 Å². The van der Waals surface area contributed by atoms with Crippen molar-refractivity contribution >= 4 is 11.8 Å². The van der Waals surface area contributed by atoms with Gasteiger partial charge in [-0.15, -0.1) is 0 Å². The van der Waals surface area contributed by atoms with E-state index in [1.54, 1.807) is 0 Å². The first kappa shape index (κ1) is 19.7. The molecule has 2 aliphatic heterocycles. The zero-order valence-electron chi connectivity index (χ0n) is 17.0. The van der Waals surface area contributed by atoms with Gasteiger partial charge in [-0.25, -0.2) is 0 Å². The number of fused-ring (bicyclic) bond motifs is 2. The van der Waals surface area contributed by atoms with Crippen LogP contribution in [0.3, 0.4) is 0 Å². The van der Waals surface area contributed by atoms with Crippen molar-refractivity contribution in [3.63, 3.8) is 0 Å². The van der Waals surface area contributed by atoms with Crippen LogP contribution in [0.25, 0.3) is 0 Å². The van der Waals surface area contributed by atoms with Crippen molar-refractivity contribution in [2.75, 3.05) is 13.2 Å². The SMILES string of the molecule is C=C1C(=O)[C@]23C[C@H]1C[C@@H](O)[C@H]2[C@]12CCC[C@@](C)(COC(C)=O)[C@H]1[C@H](O)[C@@]3(O)OC2. The van der Waals surface area contributed by atoms with Crippen molar-refractivity contribution in [1.82, 2.24) is 0 Å². The quantitative estimate of drug-likeness (QED) is 0.462. The standard InChI is InChI=1S/C22H30O7/c1-11-13-7-14(24)15-20-6-4-5-19(3,9-28-12(2)23)16(20)18(26)22(27,29-10-20)21(15,8-13)17(11)25/h13-16,18,24,26-27H,1,4-10H2,2-3H3/t13-,14-,15+,16-,18+,19+,20-,21+,22-/m1/s1. The number of carbonyl (C=O) groups is 2. The molecule has 160 valence electrons. The van der Waals surface area contributed by atoms with E-state index in [-0.39, 0.29) is 24.9 Å². The summed E-state index contributed by atoms with van der Waals surface area (Å²) in [5.74, 6) is -3.90. The van der Waals surface area contributed by atoms with Gasteiger partial charge in [0.1, 0.15) is 6.10 Å². The van der Waals surface area contributed by atoms with Crippen molar-refractivity contribution in [1.29, 1.82) is 0 Å². The number of allylic oxidation sites excluding steroid dienone is 1. The predicted octanol–water partition coefficient (Wildman–Crippen LogP) is 0.948. The molecule has 4 bridgehead atoms.